The lowest BCUT2D eigenvalue weighted by Crippen LogP contribution is -2.46. The summed E-state index contributed by atoms with van der Waals surface area (Å²) in [6.45, 7) is 9.88. The van der Waals surface area contributed by atoms with Gasteiger partial charge in [-0.1, -0.05) is 52.0 Å². The van der Waals surface area contributed by atoms with Gasteiger partial charge in [0.15, 0.2) is 11.6 Å². The molecule has 0 unspecified atom stereocenters. The number of Topliss-reactive ketones (excluding diaryl/α,β-unsaturated/α-hetero) is 2. The predicted octanol–water partition coefficient (Wildman–Crippen LogP) is 2.42. The lowest BCUT2D eigenvalue weighted by atomic mass is 9.76. The first kappa shape index (κ1) is 38.5. The fourth-order valence-corrected chi connectivity index (χ4v) is 6.36. The summed E-state index contributed by atoms with van der Waals surface area (Å²) in [5.41, 5.74) is -2.48. The van der Waals surface area contributed by atoms with E-state index < -0.39 is 118 Å². The maximum Gasteiger partial charge on any atom is 0.251 e. The van der Waals surface area contributed by atoms with Crippen molar-refractivity contribution in [2.75, 3.05) is 6.61 Å². The first-order chi connectivity index (χ1) is 22.4. The first-order valence-electron chi connectivity index (χ1n) is 16.0. The fraction of sp³-hybridized carbons (Fsp3) is 0.500. The normalized spacial score (nSPS) is 31.2. The van der Waals surface area contributed by atoms with Gasteiger partial charge in [0, 0.05) is 46.8 Å². The number of fused-ring (bicyclic) bond motifs is 15. The molecule has 4 rings (SSSR count). The molecule has 1 aromatic carbocycles. The number of nitrogens with one attached hydrogen (secondary N) is 1. The highest BCUT2D eigenvalue weighted by Gasteiger charge is 2.40. The van der Waals surface area contributed by atoms with Crippen molar-refractivity contribution in [2.24, 2.45) is 29.6 Å². The lowest BCUT2D eigenvalue weighted by Gasteiger charge is -2.37. The second-order valence-corrected chi connectivity index (χ2v) is 13.0. The average molecular weight is 670 g/mol. The standard InChI is InChI=1S/C36H47NO11/c1-8-21-11-9-10-15(2)36(48)37-23-13-24(39)25-26(33(45)20(7)34(46)27(25)35(23)47)28(40)16(3)12-22(14-38)32(44)19(6)30(42)17(4)29(41)18(5)31(21)43/h9-13,17-19,21-22,29-32,38,41-46H,8,14H2,1-7H3,(H,37,48)/t17-,18+,19-,21+,22-,29+,30+,31-,32-/m1/s1. The van der Waals surface area contributed by atoms with Crippen molar-refractivity contribution in [1.29, 1.82) is 0 Å². The number of aromatic hydroxyl groups is 2. The molecule has 0 radical (unpaired) electrons. The van der Waals surface area contributed by atoms with E-state index in [-0.39, 0.29) is 16.7 Å². The molecule has 2 aliphatic heterocycles. The van der Waals surface area contributed by atoms with Gasteiger partial charge in [0.05, 0.1) is 53.4 Å². The minimum atomic E-state index is -1.44. The van der Waals surface area contributed by atoms with Gasteiger partial charge in [0.2, 0.25) is 5.78 Å². The SMILES string of the molecule is CC[C@H]1C=CC=C(C)C(=O)NC2=CC(=O)c3c(c(O)c(C)c(O)c3C2=O)C(=O)C(C)=C[C@H](CO)[C@H](O)[C@H](C)[C@@H](O)[C@H](C)[C@H](O)[C@H](C)[C@H]1O. The minimum absolute atomic E-state index is 0.125. The van der Waals surface area contributed by atoms with Crippen molar-refractivity contribution in [3.05, 3.63) is 69.5 Å². The summed E-state index contributed by atoms with van der Waals surface area (Å²) < 4.78 is 0. The zero-order valence-corrected chi connectivity index (χ0v) is 28.3. The second-order valence-electron chi connectivity index (χ2n) is 13.0. The smallest absolute Gasteiger partial charge is 0.251 e. The molecule has 4 bridgehead atoms. The third-order valence-electron chi connectivity index (χ3n) is 9.83. The molecule has 1 amide bonds. The van der Waals surface area contributed by atoms with Gasteiger partial charge < -0.3 is 41.1 Å². The van der Waals surface area contributed by atoms with Gasteiger partial charge in [-0.25, -0.2) is 0 Å². The number of allylic oxidation sites excluding steroid dienone is 5. The average Bonchev–Trinajstić information content (AvgIpc) is 3.06. The molecule has 12 nitrogen and oxygen atoms in total. The molecule has 9 atom stereocenters. The monoisotopic (exact) mass is 669 g/mol. The number of hydrogen-bond acceptors (Lipinski definition) is 11. The van der Waals surface area contributed by atoms with E-state index in [0.717, 1.165) is 6.08 Å². The minimum Gasteiger partial charge on any atom is -0.507 e. The van der Waals surface area contributed by atoms with Gasteiger partial charge >= 0.3 is 0 Å². The van der Waals surface area contributed by atoms with Crippen LogP contribution in [0.25, 0.3) is 0 Å². The molecule has 262 valence electrons. The Morgan fingerprint density at radius 2 is 1.21 bits per heavy atom. The van der Waals surface area contributed by atoms with Crippen molar-refractivity contribution in [1.82, 2.24) is 5.32 Å². The number of ketones is 3. The number of benzene rings is 1. The molecule has 3 aliphatic rings. The van der Waals surface area contributed by atoms with Gasteiger partial charge in [0.1, 0.15) is 11.5 Å². The maximum absolute atomic E-state index is 13.8. The Balaban J connectivity index is 2.24. The van der Waals surface area contributed by atoms with Gasteiger partial charge in [0.25, 0.3) is 5.91 Å². The molecule has 8 N–H and O–H groups in total. The molecule has 1 aliphatic carbocycles. The molecular weight excluding hydrogens is 622 g/mol. The number of phenolic OH excluding ortho intramolecular Hbond substituents is 2. The molecule has 0 saturated heterocycles. The maximum atomic E-state index is 13.8. The molecular formula is C36H47NO11. The molecule has 0 aromatic heterocycles. The quantitative estimate of drug-likeness (QED) is 0.228. The predicted molar refractivity (Wildman–Crippen MR) is 176 cm³/mol. The second kappa shape index (κ2) is 15.5. The van der Waals surface area contributed by atoms with E-state index in [0.29, 0.717) is 6.42 Å². The zero-order chi connectivity index (χ0) is 36.4. The highest BCUT2D eigenvalue weighted by molar-refractivity contribution is 6.31. The van der Waals surface area contributed by atoms with Gasteiger partial charge in [-0.15, -0.1) is 0 Å². The molecule has 0 saturated carbocycles. The first-order valence-corrected chi connectivity index (χ1v) is 16.0. The van der Waals surface area contributed by atoms with Crippen LogP contribution in [0.4, 0.5) is 0 Å². The van der Waals surface area contributed by atoms with Crippen LogP contribution in [0, 0.1) is 36.5 Å². The van der Waals surface area contributed by atoms with E-state index in [1.807, 2.05) is 6.92 Å². The van der Waals surface area contributed by atoms with Crippen LogP contribution in [0.15, 0.2) is 47.2 Å². The van der Waals surface area contributed by atoms with Crippen LogP contribution in [-0.4, -0.2) is 90.0 Å². The highest BCUT2D eigenvalue weighted by Crippen LogP contribution is 2.41. The number of carbonyl (C=O) groups is 4. The largest absolute Gasteiger partial charge is 0.507 e. The van der Waals surface area contributed by atoms with Crippen LogP contribution < -0.4 is 5.32 Å². The Morgan fingerprint density at radius 3 is 1.73 bits per heavy atom. The molecule has 12 heteroatoms. The van der Waals surface area contributed by atoms with E-state index >= 15 is 0 Å². The third-order valence-corrected chi connectivity index (χ3v) is 9.83. The van der Waals surface area contributed by atoms with Crippen LogP contribution in [0.3, 0.4) is 0 Å². The highest BCUT2D eigenvalue weighted by atomic mass is 16.3. The summed E-state index contributed by atoms with van der Waals surface area (Å²) in [4.78, 5) is 53.8. The van der Waals surface area contributed by atoms with E-state index in [1.165, 1.54) is 45.9 Å². The molecule has 0 spiro atoms. The fourth-order valence-electron chi connectivity index (χ4n) is 6.36. The van der Waals surface area contributed by atoms with E-state index in [9.17, 15) is 54.9 Å². The molecule has 48 heavy (non-hydrogen) atoms. The van der Waals surface area contributed by atoms with Crippen LogP contribution >= 0.6 is 0 Å². The van der Waals surface area contributed by atoms with Crippen LogP contribution in [0.5, 0.6) is 11.5 Å². The van der Waals surface area contributed by atoms with Crippen molar-refractivity contribution in [3.63, 3.8) is 0 Å². The summed E-state index contributed by atoms with van der Waals surface area (Å²) in [7, 11) is 0. The third kappa shape index (κ3) is 7.37. The Kier molecular flexibility index (Phi) is 12.5. The number of amides is 1. The van der Waals surface area contributed by atoms with Crippen LogP contribution in [0.1, 0.15) is 84.6 Å². The Morgan fingerprint density at radius 1 is 0.708 bits per heavy atom. The summed E-state index contributed by atoms with van der Waals surface area (Å²) in [6.07, 6.45) is 2.09. The number of rotatable bonds is 2. The molecule has 2 heterocycles. The summed E-state index contributed by atoms with van der Waals surface area (Å²) in [6, 6.07) is 0. The van der Waals surface area contributed by atoms with Gasteiger partial charge in [-0.05, 0) is 32.8 Å². The Hall–Kier alpha value is -3.94. The van der Waals surface area contributed by atoms with E-state index in [1.54, 1.807) is 19.9 Å². The topological polar surface area (TPSA) is 222 Å². The summed E-state index contributed by atoms with van der Waals surface area (Å²) in [5.74, 6) is -9.22. The van der Waals surface area contributed by atoms with Crippen LogP contribution in [0.2, 0.25) is 0 Å². The van der Waals surface area contributed by atoms with Crippen molar-refractivity contribution in [3.8, 4) is 11.5 Å². The zero-order valence-electron chi connectivity index (χ0n) is 28.3. The molecule has 1 aromatic rings. The number of aliphatic hydroxyl groups is 5. The van der Waals surface area contributed by atoms with Crippen molar-refractivity contribution in [2.45, 2.75) is 79.3 Å². The number of phenols is 2. The number of hydrogen-bond donors (Lipinski definition) is 8. The van der Waals surface area contributed by atoms with E-state index in [2.05, 4.69) is 5.32 Å². The van der Waals surface area contributed by atoms with Crippen molar-refractivity contribution < 1.29 is 54.9 Å². The number of carbonyl (C=O) groups excluding carboxylic acids is 4. The number of aliphatic hydroxyl groups excluding tert-OH is 5. The summed E-state index contributed by atoms with van der Waals surface area (Å²) >= 11 is 0. The van der Waals surface area contributed by atoms with E-state index in [4.69, 9.17) is 0 Å². The lowest BCUT2D eigenvalue weighted by molar-refractivity contribution is -0.116. The summed E-state index contributed by atoms with van der Waals surface area (Å²) in [5, 5.41) is 79.1. The Labute approximate surface area is 279 Å². The Bertz CT molecular complexity index is 1590. The van der Waals surface area contributed by atoms with Crippen molar-refractivity contribution >= 4 is 23.3 Å². The van der Waals surface area contributed by atoms with Crippen LogP contribution in [-0.2, 0) is 4.79 Å². The molecule has 0 fully saturated rings. The van der Waals surface area contributed by atoms with Gasteiger partial charge in [-0.3, -0.25) is 19.2 Å². The van der Waals surface area contributed by atoms with Gasteiger partial charge in [-0.2, -0.15) is 0 Å².